The highest BCUT2D eigenvalue weighted by Crippen LogP contribution is 2.41. The summed E-state index contributed by atoms with van der Waals surface area (Å²) in [5, 5.41) is 15.3. The molecule has 0 amide bonds. The number of thioether (sulfide) groups is 1. The predicted octanol–water partition coefficient (Wildman–Crippen LogP) is 7.01. The molecule has 0 bridgehead atoms. The number of esters is 1. The molecule has 0 aliphatic heterocycles. The van der Waals surface area contributed by atoms with Crippen molar-refractivity contribution in [2.45, 2.75) is 63.6 Å². The first-order valence-electron chi connectivity index (χ1n) is 13.9. The minimum absolute atomic E-state index is 0.00110. The molecule has 0 N–H and O–H groups in total. The molecule has 1 aliphatic carbocycles. The maximum Gasteiger partial charge on any atom is 0.332 e. The van der Waals surface area contributed by atoms with E-state index < -0.39 is 5.60 Å². The van der Waals surface area contributed by atoms with E-state index >= 15 is 0 Å². The average molecular weight is 562 g/mol. The lowest BCUT2D eigenvalue weighted by atomic mass is 9.82. The van der Waals surface area contributed by atoms with Gasteiger partial charge in [-0.2, -0.15) is 10.4 Å². The van der Waals surface area contributed by atoms with Crippen molar-refractivity contribution >= 4 is 17.7 Å². The maximum atomic E-state index is 12.0. The van der Waals surface area contributed by atoms with E-state index in [2.05, 4.69) is 29.0 Å². The summed E-state index contributed by atoms with van der Waals surface area (Å²) in [4.78, 5) is 12.0. The van der Waals surface area contributed by atoms with Gasteiger partial charge in [0.25, 0.3) is 0 Å². The zero-order valence-corrected chi connectivity index (χ0v) is 24.7. The summed E-state index contributed by atoms with van der Waals surface area (Å²) >= 11 is 1.47. The van der Waals surface area contributed by atoms with Crippen molar-refractivity contribution in [3.8, 4) is 34.2 Å². The van der Waals surface area contributed by atoms with E-state index in [-0.39, 0.29) is 12.6 Å². The third-order valence-corrected chi connectivity index (χ3v) is 7.82. The van der Waals surface area contributed by atoms with E-state index in [1.165, 1.54) is 11.8 Å². The van der Waals surface area contributed by atoms with Crippen LogP contribution < -0.4 is 4.74 Å². The minimum atomic E-state index is -0.497. The maximum absolute atomic E-state index is 12.0. The number of aromatic nitrogens is 2. The van der Waals surface area contributed by atoms with Crippen LogP contribution in [0.1, 0.15) is 46.5 Å². The van der Waals surface area contributed by atoms with Crippen molar-refractivity contribution in [2.75, 3.05) is 26.1 Å². The summed E-state index contributed by atoms with van der Waals surface area (Å²) in [5.74, 6) is 1.73. The van der Waals surface area contributed by atoms with Gasteiger partial charge in [-0.25, -0.2) is 4.79 Å². The molecule has 0 spiro atoms. The average Bonchev–Trinajstić information content (AvgIpc) is 3.30. The smallest absolute Gasteiger partial charge is 0.332 e. The van der Waals surface area contributed by atoms with Gasteiger partial charge in [0.15, 0.2) is 0 Å². The van der Waals surface area contributed by atoms with Crippen LogP contribution in [0.4, 0.5) is 0 Å². The summed E-state index contributed by atoms with van der Waals surface area (Å²) in [6.07, 6.45) is 4.26. The van der Waals surface area contributed by atoms with E-state index in [0.717, 1.165) is 65.4 Å². The second kappa shape index (κ2) is 13.9. The van der Waals surface area contributed by atoms with E-state index in [0.29, 0.717) is 24.2 Å². The van der Waals surface area contributed by atoms with Crippen molar-refractivity contribution < 1.29 is 19.0 Å². The first kappa shape index (κ1) is 29.7. The molecule has 8 heteroatoms. The van der Waals surface area contributed by atoms with Crippen LogP contribution in [0, 0.1) is 23.2 Å². The van der Waals surface area contributed by atoms with Gasteiger partial charge in [-0.1, -0.05) is 54.2 Å². The zero-order chi connectivity index (χ0) is 28.5. The van der Waals surface area contributed by atoms with Gasteiger partial charge in [0.2, 0.25) is 0 Å². The lowest BCUT2D eigenvalue weighted by molar-refractivity contribution is -0.160. The summed E-state index contributed by atoms with van der Waals surface area (Å²) in [6, 6.07) is 20.7. The van der Waals surface area contributed by atoms with E-state index in [1.807, 2.05) is 57.2 Å². The molecule has 0 saturated heterocycles. The van der Waals surface area contributed by atoms with Gasteiger partial charge < -0.3 is 14.2 Å². The number of ether oxygens (including phenoxy) is 3. The lowest BCUT2D eigenvalue weighted by Crippen LogP contribution is -2.28. The Bertz CT molecular complexity index is 1300. The molecule has 3 aromatic rings. The summed E-state index contributed by atoms with van der Waals surface area (Å²) in [5.41, 5.74) is 3.73. The van der Waals surface area contributed by atoms with Crippen molar-refractivity contribution in [1.82, 2.24) is 9.78 Å². The number of methoxy groups -OCH3 is 1. The molecular formula is C32H39N3O4S. The van der Waals surface area contributed by atoms with Crippen LogP contribution in [0.5, 0.6) is 5.75 Å². The standard InChI is InChI=1S/C32H39N3O4S/c1-32(2,3)39-28(36)22-38-21-24-15-13-23(14-16-24)20-35-30(25-9-6-5-7-10-25)29(31(34-35)40-18-17-33)26-11-8-12-27(19-26)37-4/h5-12,19,23-24H,13-16,18,20-22H2,1-4H3/t23-,24-. The molecule has 2 aromatic carbocycles. The predicted molar refractivity (Wildman–Crippen MR) is 158 cm³/mol. The second-order valence-electron chi connectivity index (χ2n) is 11.2. The SMILES string of the molecule is COc1cccc(-c2c(SCC#N)nn(C[C@H]3CC[C@H](COCC(=O)OC(C)(C)C)CC3)c2-c2ccccc2)c1. The molecule has 0 atom stereocenters. The van der Waals surface area contributed by atoms with Crippen molar-refractivity contribution in [3.63, 3.8) is 0 Å². The Morgan fingerprint density at radius 2 is 1.75 bits per heavy atom. The summed E-state index contributed by atoms with van der Waals surface area (Å²) < 4.78 is 18.7. The number of hydrogen-bond acceptors (Lipinski definition) is 7. The quantitative estimate of drug-likeness (QED) is 0.184. The molecule has 1 heterocycles. The van der Waals surface area contributed by atoms with Gasteiger partial charge in [-0.15, -0.1) is 0 Å². The largest absolute Gasteiger partial charge is 0.497 e. The molecule has 0 unspecified atom stereocenters. The van der Waals surface area contributed by atoms with Crippen LogP contribution in [0.2, 0.25) is 0 Å². The number of hydrogen-bond donors (Lipinski definition) is 0. The number of rotatable bonds is 11. The highest BCUT2D eigenvalue weighted by Gasteiger charge is 2.27. The summed E-state index contributed by atoms with van der Waals surface area (Å²) in [6.45, 7) is 6.97. The fourth-order valence-electron chi connectivity index (χ4n) is 5.21. The Morgan fingerprint density at radius 1 is 1.05 bits per heavy atom. The van der Waals surface area contributed by atoms with E-state index in [4.69, 9.17) is 19.3 Å². The van der Waals surface area contributed by atoms with E-state index in [1.54, 1.807) is 7.11 Å². The van der Waals surface area contributed by atoms with Gasteiger partial charge in [-0.05, 0) is 76.0 Å². The van der Waals surface area contributed by atoms with Gasteiger partial charge in [0.05, 0.1) is 31.2 Å². The first-order valence-corrected chi connectivity index (χ1v) is 14.9. The molecule has 0 radical (unpaired) electrons. The minimum Gasteiger partial charge on any atom is -0.497 e. The number of nitrogens with zero attached hydrogens (tertiary/aromatic N) is 3. The number of carbonyl (C=O) groups excluding carboxylic acids is 1. The first-order chi connectivity index (χ1) is 19.3. The Balaban J connectivity index is 1.51. The van der Waals surface area contributed by atoms with Crippen molar-refractivity contribution in [3.05, 3.63) is 54.6 Å². The second-order valence-corrected chi connectivity index (χ2v) is 12.2. The third kappa shape index (κ3) is 8.12. The van der Waals surface area contributed by atoms with Crippen molar-refractivity contribution in [2.24, 2.45) is 11.8 Å². The molecular weight excluding hydrogens is 522 g/mol. The van der Waals surface area contributed by atoms with E-state index in [9.17, 15) is 10.1 Å². The molecule has 1 aromatic heterocycles. The normalized spacial score (nSPS) is 17.3. The highest BCUT2D eigenvalue weighted by molar-refractivity contribution is 7.99. The van der Waals surface area contributed by atoms with Gasteiger partial charge in [-0.3, -0.25) is 4.68 Å². The van der Waals surface area contributed by atoms with Crippen molar-refractivity contribution in [1.29, 1.82) is 5.26 Å². The van der Waals surface area contributed by atoms with Gasteiger partial charge >= 0.3 is 5.97 Å². The Labute approximate surface area is 241 Å². The topological polar surface area (TPSA) is 86.4 Å². The number of carbonyl (C=O) groups is 1. The Morgan fingerprint density at radius 3 is 2.42 bits per heavy atom. The third-order valence-electron chi connectivity index (χ3n) is 6.99. The summed E-state index contributed by atoms with van der Waals surface area (Å²) in [7, 11) is 1.67. The van der Waals surface area contributed by atoms with Crippen LogP contribution >= 0.6 is 11.8 Å². The highest BCUT2D eigenvalue weighted by atomic mass is 32.2. The van der Waals surface area contributed by atoms with Crippen LogP contribution in [0.3, 0.4) is 0 Å². The molecule has 212 valence electrons. The van der Waals surface area contributed by atoms with Crippen LogP contribution in [-0.4, -0.2) is 47.4 Å². The monoisotopic (exact) mass is 561 g/mol. The molecule has 1 fully saturated rings. The molecule has 1 saturated carbocycles. The fraction of sp³-hybridized carbons (Fsp3) is 0.469. The molecule has 40 heavy (non-hydrogen) atoms. The number of nitriles is 1. The molecule has 7 nitrogen and oxygen atoms in total. The zero-order valence-electron chi connectivity index (χ0n) is 23.9. The number of benzene rings is 2. The Kier molecular flexibility index (Phi) is 10.3. The molecule has 1 aliphatic rings. The fourth-order valence-corrected chi connectivity index (χ4v) is 5.92. The lowest BCUT2D eigenvalue weighted by Gasteiger charge is -2.29. The van der Waals surface area contributed by atoms with Gasteiger partial charge in [0.1, 0.15) is 23.0 Å². The van der Waals surface area contributed by atoms with Gasteiger partial charge in [0, 0.05) is 17.7 Å². The van der Waals surface area contributed by atoms with Crippen LogP contribution in [0.15, 0.2) is 59.6 Å². The van der Waals surface area contributed by atoms with Crippen LogP contribution in [0.25, 0.3) is 22.4 Å². The Hall–Kier alpha value is -3.28. The molecule has 4 rings (SSSR count). The van der Waals surface area contributed by atoms with Crippen LogP contribution in [-0.2, 0) is 20.8 Å².